The summed E-state index contributed by atoms with van der Waals surface area (Å²) in [6.45, 7) is 7.60. The van der Waals surface area contributed by atoms with E-state index >= 15 is 0 Å². The number of nitrogens with zero attached hydrogens (tertiary/aromatic N) is 2. The Morgan fingerprint density at radius 3 is 2.88 bits per heavy atom. The number of rotatable bonds is 8. The number of amides is 3. The fraction of sp³-hybridized carbons (Fsp3) is 0.474. The second-order valence-electron chi connectivity index (χ2n) is 6.49. The average Bonchev–Trinajstić information content (AvgIpc) is 3.23. The summed E-state index contributed by atoms with van der Waals surface area (Å²) in [4.78, 5) is 29.1. The maximum atomic E-state index is 13.0. The Balaban J connectivity index is 1.85. The van der Waals surface area contributed by atoms with Crippen LogP contribution in [0, 0.1) is 0 Å². The molecular formula is C19H25N3O2S. The van der Waals surface area contributed by atoms with Crippen molar-refractivity contribution in [2.75, 3.05) is 19.6 Å². The van der Waals surface area contributed by atoms with Crippen molar-refractivity contribution >= 4 is 23.3 Å². The zero-order chi connectivity index (χ0) is 17.8. The van der Waals surface area contributed by atoms with Crippen molar-refractivity contribution in [2.24, 2.45) is 0 Å². The van der Waals surface area contributed by atoms with Gasteiger partial charge in [-0.15, -0.1) is 6.58 Å². The third-order valence-corrected chi connectivity index (χ3v) is 5.47. The minimum Gasteiger partial charge on any atom is -0.333 e. The van der Waals surface area contributed by atoms with Gasteiger partial charge in [0.05, 0.1) is 23.9 Å². The van der Waals surface area contributed by atoms with Gasteiger partial charge in [0.2, 0.25) is 0 Å². The minimum atomic E-state index is -0.344. The van der Waals surface area contributed by atoms with Gasteiger partial charge in [0, 0.05) is 13.1 Å². The number of hydrogen-bond acceptors (Lipinski definition) is 3. The van der Waals surface area contributed by atoms with Crippen molar-refractivity contribution in [1.82, 2.24) is 15.1 Å². The molecule has 6 heteroatoms. The minimum absolute atomic E-state index is 0.0526. The molecular weight excluding hydrogens is 334 g/mol. The van der Waals surface area contributed by atoms with Gasteiger partial charge in [0.15, 0.2) is 0 Å². The molecule has 1 unspecified atom stereocenters. The molecule has 0 saturated heterocycles. The van der Waals surface area contributed by atoms with Gasteiger partial charge in [-0.2, -0.15) is 11.3 Å². The fourth-order valence-corrected chi connectivity index (χ4v) is 4.16. The summed E-state index contributed by atoms with van der Waals surface area (Å²) in [5.41, 5.74) is 2.53. The monoisotopic (exact) mass is 359 g/mol. The molecule has 0 radical (unpaired) electrons. The molecule has 0 bridgehead atoms. The van der Waals surface area contributed by atoms with Crippen LogP contribution in [0.25, 0.3) is 0 Å². The summed E-state index contributed by atoms with van der Waals surface area (Å²) < 4.78 is 0. The quantitative estimate of drug-likeness (QED) is 0.569. The molecule has 1 aromatic rings. The number of unbranched alkanes of at least 4 members (excludes halogenated alkanes) is 3. The van der Waals surface area contributed by atoms with Gasteiger partial charge in [0.1, 0.15) is 0 Å². The molecule has 3 amide bonds. The van der Waals surface area contributed by atoms with Gasteiger partial charge in [-0.25, -0.2) is 4.79 Å². The molecule has 1 aromatic heterocycles. The first-order chi connectivity index (χ1) is 12.2. The number of thiophene rings is 1. The standard InChI is InChI=1S/C19H25N3O2S/c1-3-5-6-7-10-21-12-15-16(18(21)23)17(14-8-11-25-13-14)20-19(24)22(15)9-4-2/h4,8,11,13,17H,2-3,5-7,9-10,12H2,1H3,(H,20,24). The lowest BCUT2D eigenvalue weighted by Crippen LogP contribution is -2.47. The molecule has 0 saturated carbocycles. The third-order valence-electron chi connectivity index (χ3n) is 4.77. The Morgan fingerprint density at radius 2 is 2.20 bits per heavy atom. The van der Waals surface area contributed by atoms with Crippen LogP contribution in [0.5, 0.6) is 0 Å². The average molecular weight is 359 g/mol. The Bertz CT molecular complexity index is 681. The molecule has 0 aromatic carbocycles. The fourth-order valence-electron chi connectivity index (χ4n) is 3.47. The molecule has 3 rings (SSSR count). The zero-order valence-electron chi connectivity index (χ0n) is 14.7. The summed E-state index contributed by atoms with van der Waals surface area (Å²) in [5.74, 6) is 0.0526. The normalized spacial score (nSPS) is 20.1. The largest absolute Gasteiger partial charge is 0.333 e. The summed E-state index contributed by atoms with van der Waals surface area (Å²) in [7, 11) is 0. The smallest absolute Gasteiger partial charge is 0.322 e. The molecule has 25 heavy (non-hydrogen) atoms. The van der Waals surface area contributed by atoms with Crippen LogP contribution in [-0.4, -0.2) is 41.4 Å². The van der Waals surface area contributed by atoms with E-state index in [2.05, 4.69) is 18.8 Å². The molecule has 134 valence electrons. The van der Waals surface area contributed by atoms with E-state index in [4.69, 9.17) is 0 Å². The predicted molar refractivity (Wildman–Crippen MR) is 100 cm³/mol. The lowest BCUT2D eigenvalue weighted by Gasteiger charge is -2.32. The molecule has 1 N–H and O–H groups in total. The van der Waals surface area contributed by atoms with Gasteiger partial charge in [0.25, 0.3) is 5.91 Å². The first-order valence-electron chi connectivity index (χ1n) is 8.90. The van der Waals surface area contributed by atoms with Gasteiger partial charge >= 0.3 is 6.03 Å². The lowest BCUT2D eigenvalue weighted by molar-refractivity contribution is -0.125. The second kappa shape index (κ2) is 7.87. The topological polar surface area (TPSA) is 52.7 Å². The van der Waals surface area contributed by atoms with E-state index in [0.29, 0.717) is 13.1 Å². The maximum Gasteiger partial charge on any atom is 0.322 e. The van der Waals surface area contributed by atoms with Gasteiger partial charge in [-0.05, 0) is 28.8 Å². The van der Waals surface area contributed by atoms with Crippen molar-refractivity contribution in [1.29, 1.82) is 0 Å². The van der Waals surface area contributed by atoms with Crippen molar-refractivity contribution in [3.05, 3.63) is 46.3 Å². The summed E-state index contributed by atoms with van der Waals surface area (Å²) >= 11 is 1.57. The van der Waals surface area contributed by atoms with Crippen LogP contribution in [0.3, 0.4) is 0 Å². The molecule has 0 fully saturated rings. The highest BCUT2D eigenvalue weighted by atomic mass is 32.1. The number of urea groups is 1. The molecule has 2 aliphatic rings. The van der Waals surface area contributed by atoms with Gasteiger partial charge in [-0.3, -0.25) is 9.69 Å². The zero-order valence-corrected chi connectivity index (χ0v) is 15.5. The number of carbonyl (C=O) groups is 2. The Hall–Kier alpha value is -2.08. The van der Waals surface area contributed by atoms with E-state index in [0.717, 1.165) is 36.2 Å². The molecule has 3 heterocycles. The maximum absolute atomic E-state index is 13.0. The number of carbonyl (C=O) groups excluding carboxylic acids is 2. The summed E-state index contributed by atoms with van der Waals surface area (Å²) in [5, 5.41) is 6.96. The first kappa shape index (κ1) is 17.7. The third kappa shape index (κ3) is 3.49. The van der Waals surface area contributed by atoms with E-state index in [1.165, 1.54) is 12.8 Å². The predicted octanol–water partition coefficient (Wildman–Crippen LogP) is 3.68. The van der Waals surface area contributed by atoms with Crippen molar-refractivity contribution < 1.29 is 9.59 Å². The van der Waals surface area contributed by atoms with Crippen molar-refractivity contribution in [3.8, 4) is 0 Å². The molecule has 2 aliphatic heterocycles. The van der Waals surface area contributed by atoms with E-state index < -0.39 is 0 Å². The van der Waals surface area contributed by atoms with Crippen LogP contribution in [0.1, 0.15) is 44.2 Å². The van der Waals surface area contributed by atoms with E-state index in [-0.39, 0.29) is 18.0 Å². The second-order valence-corrected chi connectivity index (χ2v) is 7.27. The van der Waals surface area contributed by atoms with Gasteiger partial charge in [-0.1, -0.05) is 32.3 Å². The number of hydrogen-bond donors (Lipinski definition) is 1. The molecule has 0 aliphatic carbocycles. The highest BCUT2D eigenvalue weighted by Gasteiger charge is 2.43. The van der Waals surface area contributed by atoms with Crippen LogP contribution in [0.4, 0.5) is 4.79 Å². The van der Waals surface area contributed by atoms with Crippen LogP contribution >= 0.6 is 11.3 Å². The van der Waals surface area contributed by atoms with E-state index in [9.17, 15) is 9.59 Å². The van der Waals surface area contributed by atoms with Gasteiger partial charge < -0.3 is 10.2 Å². The van der Waals surface area contributed by atoms with Crippen molar-refractivity contribution in [2.45, 2.75) is 38.6 Å². The Labute approximate surface area is 153 Å². The van der Waals surface area contributed by atoms with Crippen LogP contribution < -0.4 is 5.32 Å². The molecule has 0 spiro atoms. The Morgan fingerprint density at radius 1 is 1.36 bits per heavy atom. The van der Waals surface area contributed by atoms with E-state index in [1.807, 2.05) is 21.7 Å². The summed E-state index contributed by atoms with van der Waals surface area (Å²) in [6, 6.07) is 1.47. The SMILES string of the molecule is C=CCN1C(=O)NC(c2ccsc2)C2=C1CN(CCCCCC)C2=O. The summed E-state index contributed by atoms with van der Waals surface area (Å²) in [6.07, 6.45) is 6.20. The van der Waals surface area contributed by atoms with Crippen molar-refractivity contribution in [3.63, 3.8) is 0 Å². The highest BCUT2D eigenvalue weighted by Crippen LogP contribution is 2.36. The highest BCUT2D eigenvalue weighted by molar-refractivity contribution is 7.08. The molecule has 1 atom stereocenters. The van der Waals surface area contributed by atoms with Crippen LogP contribution in [-0.2, 0) is 4.79 Å². The van der Waals surface area contributed by atoms with Crippen LogP contribution in [0.15, 0.2) is 40.8 Å². The first-order valence-corrected chi connectivity index (χ1v) is 9.85. The van der Waals surface area contributed by atoms with Crippen LogP contribution in [0.2, 0.25) is 0 Å². The van der Waals surface area contributed by atoms with E-state index in [1.54, 1.807) is 22.3 Å². The Kier molecular flexibility index (Phi) is 5.58. The number of nitrogens with one attached hydrogen (secondary N) is 1. The lowest BCUT2D eigenvalue weighted by atomic mass is 9.98. The molecule has 5 nitrogen and oxygen atoms in total.